The number of nitrogens with two attached hydrogens (primary N) is 1. The minimum atomic E-state index is 0.0393. The summed E-state index contributed by atoms with van der Waals surface area (Å²) in [7, 11) is 0. The van der Waals surface area contributed by atoms with Crippen molar-refractivity contribution in [1.29, 1.82) is 0 Å². The van der Waals surface area contributed by atoms with Gasteiger partial charge in [0.05, 0.1) is 0 Å². The molecule has 3 heteroatoms. The van der Waals surface area contributed by atoms with E-state index in [1.54, 1.807) is 0 Å². The first kappa shape index (κ1) is 11.8. The Morgan fingerprint density at radius 1 is 1.21 bits per heavy atom. The highest BCUT2D eigenvalue weighted by molar-refractivity contribution is 6.08. The van der Waals surface area contributed by atoms with E-state index in [1.165, 1.54) is 5.56 Å². The van der Waals surface area contributed by atoms with Gasteiger partial charge < -0.3 is 10.6 Å². The third-order valence-electron chi connectivity index (χ3n) is 3.56. The molecule has 0 radical (unpaired) electrons. The van der Waals surface area contributed by atoms with Crippen LogP contribution in [0.4, 0.5) is 11.4 Å². The van der Waals surface area contributed by atoms with Gasteiger partial charge in [-0.1, -0.05) is 24.3 Å². The number of nitrogens with zero attached hydrogens (tertiary/aromatic N) is 1. The predicted molar refractivity (Wildman–Crippen MR) is 77.3 cm³/mol. The molecule has 0 aromatic heterocycles. The molecule has 2 aromatic carbocycles. The summed E-state index contributed by atoms with van der Waals surface area (Å²) in [5.74, 6) is 0.0393. The molecule has 1 unspecified atom stereocenters. The first-order valence-corrected chi connectivity index (χ1v) is 6.44. The Hall–Kier alpha value is -2.29. The number of hydrogen-bond donors (Lipinski definition) is 1. The lowest BCUT2D eigenvalue weighted by Gasteiger charge is -2.23. The highest BCUT2D eigenvalue weighted by atomic mass is 16.2. The Kier molecular flexibility index (Phi) is 2.75. The van der Waals surface area contributed by atoms with Gasteiger partial charge in [-0.15, -0.1) is 0 Å². The van der Waals surface area contributed by atoms with Gasteiger partial charge in [0, 0.05) is 23.0 Å². The fraction of sp³-hybridized carbons (Fsp3) is 0.188. The van der Waals surface area contributed by atoms with E-state index in [-0.39, 0.29) is 11.9 Å². The smallest absolute Gasteiger partial charge is 0.258 e. The summed E-state index contributed by atoms with van der Waals surface area (Å²) >= 11 is 0. The van der Waals surface area contributed by atoms with E-state index in [0.717, 1.165) is 12.1 Å². The number of amides is 1. The average molecular weight is 252 g/mol. The number of benzene rings is 2. The molecule has 1 amide bonds. The monoisotopic (exact) mass is 252 g/mol. The number of nitrogen functional groups attached to an aromatic ring is 1. The van der Waals surface area contributed by atoms with Crippen LogP contribution < -0.4 is 10.6 Å². The molecule has 0 aliphatic carbocycles. The molecule has 1 aliphatic heterocycles. The van der Waals surface area contributed by atoms with E-state index >= 15 is 0 Å². The molecule has 1 aliphatic rings. The van der Waals surface area contributed by atoms with E-state index in [9.17, 15) is 4.79 Å². The number of carbonyl (C=O) groups excluding carboxylic acids is 1. The van der Waals surface area contributed by atoms with E-state index in [0.29, 0.717) is 11.3 Å². The minimum absolute atomic E-state index is 0.0393. The number of rotatable bonds is 1. The van der Waals surface area contributed by atoms with Gasteiger partial charge in [0.15, 0.2) is 0 Å². The lowest BCUT2D eigenvalue weighted by molar-refractivity contribution is 0.0981. The van der Waals surface area contributed by atoms with Crippen LogP contribution in [0.5, 0.6) is 0 Å². The Balaban J connectivity index is 2.02. The van der Waals surface area contributed by atoms with Crippen LogP contribution in [0.15, 0.2) is 48.5 Å². The molecule has 19 heavy (non-hydrogen) atoms. The average Bonchev–Trinajstić information content (AvgIpc) is 2.74. The highest BCUT2D eigenvalue weighted by Crippen LogP contribution is 2.34. The molecule has 2 N–H and O–H groups in total. The third-order valence-corrected chi connectivity index (χ3v) is 3.56. The topological polar surface area (TPSA) is 46.3 Å². The zero-order valence-corrected chi connectivity index (χ0v) is 10.8. The molecule has 0 saturated heterocycles. The minimum Gasteiger partial charge on any atom is -0.399 e. The van der Waals surface area contributed by atoms with Crippen molar-refractivity contribution in [3.63, 3.8) is 0 Å². The summed E-state index contributed by atoms with van der Waals surface area (Å²) in [6.45, 7) is 2.07. The fourth-order valence-electron chi connectivity index (χ4n) is 2.65. The van der Waals surface area contributed by atoms with Gasteiger partial charge in [-0.25, -0.2) is 0 Å². The summed E-state index contributed by atoms with van der Waals surface area (Å²) in [5, 5.41) is 0. The standard InChI is InChI=1S/C16H16N2O/c1-11-9-13-7-8-14(17)10-15(13)18(11)16(19)12-5-3-2-4-6-12/h2-8,10-11H,9,17H2,1H3. The Morgan fingerprint density at radius 3 is 2.68 bits per heavy atom. The van der Waals surface area contributed by atoms with Crippen LogP contribution in [0.2, 0.25) is 0 Å². The molecular formula is C16H16N2O. The van der Waals surface area contributed by atoms with Crippen molar-refractivity contribution in [2.75, 3.05) is 10.6 Å². The van der Waals surface area contributed by atoms with Crippen LogP contribution >= 0.6 is 0 Å². The van der Waals surface area contributed by atoms with Crippen molar-refractivity contribution in [3.8, 4) is 0 Å². The first-order chi connectivity index (χ1) is 9.16. The first-order valence-electron chi connectivity index (χ1n) is 6.44. The maximum Gasteiger partial charge on any atom is 0.258 e. The van der Waals surface area contributed by atoms with Crippen LogP contribution in [0, 0.1) is 0 Å². The van der Waals surface area contributed by atoms with Gasteiger partial charge in [0.2, 0.25) is 0 Å². The molecule has 1 heterocycles. The highest BCUT2D eigenvalue weighted by Gasteiger charge is 2.31. The second-order valence-corrected chi connectivity index (χ2v) is 4.98. The van der Waals surface area contributed by atoms with Crippen molar-refractivity contribution < 1.29 is 4.79 Å². The summed E-state index contributed by atoms with van der Waals surface area (Å²) in [6, 6.07) is 15.3. The fourth-order valence-corrected chi connectivity index (χ4v) is 2.65. The predicted octanol–water partition coefficient (Wildman–Crippen LogP) is 2.86. The maximum absolute atomic E-state index is 12.6. The second kappa shape index (κ2) is 4.43. The largest absolute Gasteiger partial charge is 0.399 e. The number of anilines is 2. The van der Waals surface area contributed by atoms with Crippen molar-refractivity contribution in [2.45, 2.75) is 19.4 Å². The van der Waals surface area contributed by atoms with E-state index in [2.05, 4.69) is 6.92 Å². The molecule has 2 aromatic rings. The van der Waals surface area contributed by atoms with Gasteiger partial charge in [-0.3, -0.25) is 4.79 Å². The molecule has 3 rings (SSSR count). The van der Waals surface area contributed by atoms with Crippen LogP contribution in [-0.4, -0.2) is 11.9 Å². The Morgan fingerprint density at radius 2 is 1.95 bits per heavy atom. The van der Waals surface area contributed by atoms with Crippen molar-refractivity contribution in [2.24, 2.45) is 0 Å². The van der Waals surface area contributed by atoms with Crippen LogP contribution in [-0.2, 0) is 6.42 Å². The van der Waals surface area contributed by atoms with Gasteiger partial charge in [-0.05, 0) is 43.2 Å². The number of carbonyl (C=O) groups is 1. The molecule has 0 bridgehead atoms. The Bertz CT molecular complexity index is 622. The molecule has 96 valence electrons. The summed E-state index contributed by atoms with van der Waals surface area (Å²) in [4.78, 5) is 14.5. The number of fused-ring (bicyclic) bond motifs is 1. The molecule has 0 spiro atoms. The maximum atomic E-state index is 12.6. The van der Waals surface area contributed by atoms with Gasteiger partial charge >= 0.3 is 0 Å². The van der Waals surface area contributed by atoms with Gasteiger partial charge in [0.25, 0.3) is 5.91 Å². The van der Waals surface area contributed by atoms with Crippen molar-refractivity contribution in [1.82, 2.24) is 0 Å². The molecule has 1 atom stereocenters. The quantitative estimate of drug-likeness (QED) is 0.793. The van der Waals surface area contributed by atoms with E-state index in [1.807, 2.05) is 53.4 Å². The molecular weight excluding hydrogens is 236 g/mol. The summed E-state index contributed by atoms with van der Waals surface area (Å²) < 4.78 is 0. The summed E-state index contributed by atoms with van der Waals surface area (Å²) in [5.41, 5.74) is 9.38. The second-order valence-electron chi connectivity index (χ2n) is 4.98. The van der Waals surface area contributed by atoms with Gasteiger partial charge in [-0.2, -0.15) is 0 Å². The molecule has 0 saturated carbocycles. The van der Waals surface area contributed by atoms with Crippen LogP contribution in [0.25, 0.3) is 0 Å². The van der Waals surface area contributed by atoms with Crippen LogP contribution in [0.3, 0.4) is 0 Å². The molecule has 0 fully saturated rings. The van der Waals surface area contributed by atoms with Crippen molar-refractivity contribution in [3.05, 3.63) is 59.7 Å². The van der Waals surface area contributed by atoms with E-state index in [4.69, 9.17) is 5.73 Å². The SMILES string of the molecule is CC1Cc2ccc(N)cc2N1C(=O)c1ccccc1. The molecule has 3 nitrogen and oxygen atoms in total. The van der Waals surface area contributed by atoms with E-state index < -0.39 is 0 Å². The Labute approximate surface area is 112 Å². The third kappa shape index (κ3) is 1.97. The normalized spacial score (nSPS) is 17.3. The zero-order chi connectivity index (χ0) is 13.4. The lowest BCUT2D eigenvalue weighted by atomic mass is 10.1. The van der Waals surface area contributed by atoms with Gasteiger partial charge in [0.1, 0.15) is 0 Å². The zero-order valence-electron chi connectivity index (χ0n) is 10.8. The lowest BCUT2D eigenvalue weighted by Crippen LogP contribution is -2.35. The number of hydrogen-bond acceptors (Lipinski definition) is 2. The van der Waals surface area contributed by atoms with Crippen molar-refractivity contribution >= 4 is 17.3 Å². The van der Waals surface area contributed by atoms with Crippen LogP contribution in [0.1, 0.15) is 22.8 Å². The summed E-state index contributed by atoms with van der Waals surface area (Å²) in [6.07, 6.45) is 0.883.